The Kier molecular flexibility index (Phi) is 4.87. The Morgan fingerprint density at radius 1 is 1.00 bits per heavy atom. The minimum Gasteiger partial charge on any atom is -0.744 e. The van der Waals surface area contributed by atoms with E-state index in [2.05, 4.69) is 15.9 Å². The van der Waals surface area contributed by atoms with E-state index in [0.29, 0.717) is 0 Å². The standard InChI is InChI=1S/C14H8BrNO5S.Na/c15-11-9(16)5-8-10(14(11)22(19,20)21)13(18)7-4-2-1-3-6(7)12(8)17;/h1-5H,16H2,(H,19,20,21);/q;+1/p-1. The van der Waals surface area contributed by atoms with E-state index < -0.39 is 32.1 Å². The predicted octanol–water partition coefficient (Wildman–Crippen LogP) is -1.29. The first-order valence-electron chi connectivity index (χ1n) is 5.99. The first-order valence-corrected chi connectivity index (χ1v) is 8.20. The fourth-order valence-electron chi connectivity index (χ4n) is 2.45. The molecule has 0 radical (unpaired) electrons. The Hall–Kier alpha value is -1.03. The third-order valence-corrected chi connectivity index (χ3v) is 5.41. The first-order chi connectivity index (χ1) is 10.2. The number of hydrogen-bond acceptors (Lipinski definition) is 6. The van der Waals surface area contributed by atoms with Crippen molar-refractivity contribution in [2.24, 2.45) is 0 Å². The van der Waals surface area contributed by atoms with Crippen LogP contribution < -0.4 is 35.3 Å². The van der Waals surface area contributed by atoms with Gasteiger partial charge in [-0.1, -0.05) is 24.3 Å². The zero-order valence-electron chi connectivity index (χ0n) is 11.8. The summed E-state index contributed by atoms with van der Waals surface area (Å²) in [5.41, 5.74) is 5.15. The van der Waals surface area contributed by atoms with E-state index >= 15 is 0 Å². The van der Waals surface area contributed by atoms with Crippen LogP contribution in [-0.4, -0.2) is 24.5 Å². The molecule has 9 heteroatoms. The second-order valence-corrected chi connectivity index (χ2v) is 6.80. The van der Waals surface area contributed by atoms with Crippen LogP contribution in [0.15, 0.2) is 39.7 Å². The fourth-order valence-corrected chi connectivity index (χ4v) is 4.15. The third-order valence-electron chi connectivity index (χ3n) is 3.39. The van der Waals surface area contributed by atoms with Gasteiger partial charge < -0.3 is 10.3 Å². The molecule has 2 aromatic carbocycles. The van der Waals surface area contributed by atoms with E-state index in [1.807, 2.05) is 0 Å². The Balaban J connectivity index is 0.00000192. The molecule has 0 amide bonds. The van der Waals surface area contributed by atoms with Crippen molar-refractivity contribution >= 4 is 43.3 Å². The number of anilines is 1. The van der Waals surface area contributed by atoms with Gasteiger partial charge in [0, 0.05) is 22.4 Å². The van der Waals surface area contributed by atoms with E-state index in [-0.39, 0.29) is 56.4 Å². The van der Waals surface area contributed by atoms with E-state index in [1.54, 1.807) is 12.1 Å². The SMILES string of the molecule is Nc1cc2c(c(S(=O)(=O)[O-])c1Br)C(=O)c1ccccc1C2=O.[Na+]. The van der Waals surface area contributed by atoms with E-state index in [4.69, 9.17) is 5.73 Å². The minimum atomic E-state index is -5.01. The molecule has 0 atom stereocenters. The average molecular weight is 404 g/mol. The van der Waals surface area contributed by atoms with Crippen LogP contribution in [0.1, 0.15) is 31.8 Å². The second-order valence-electron chi connectivity index (χ2n) is 4.69. The summed E-state index contributed by atoms with van der Waals surface area (Å²) in [6.45, 7) is 0. The molecule has 23 heavy (non-hydrogen) atoms. The van der Waals surface area contributed by atoms with Gasteiger partial charge in [-0.3, -0.25) is 9.59 Å². The fraction of sp³-hybridized carbons (Fsp3) is 0. The molecule has 0 aliphatic heterocycles. The number of carbonyl (C=O) groups is 2. The topological polar surface area (TPSA) is 117 Å². The van der Waals surface area contributed by atoms with Crippen LogP contribution >= 0.6 is 15.9 Å². The first kappa shape index (κ1) is 18.3. The molecule has 0 spiro atoms. The van der Waals surface area contributed by atoms with Crippen LogP contribution in [0.3, 0.4) is 0 Å². The van der Waals surface area contributed by atoms with Gasteiger partial charge in [0.05, 0.1) is 14.9 Å². The number of nitrogen functional groups attached to an aromatic ring is 1. The Morgan fingerprint density at radius 2 is 1.52 bits per heavy atom. The van der Waals surface area contributed by atoms with Crippen LogP contribution in [-0.2, 0) is 10.1 Å². The number of fused-ring (bicyclic) bond motifs is 2. The number of ketones is 2. The van der Waals surface area contributed by atoms with E-state index in [9.17, 15) is 22.6 Å². The van der Waals surface area contributed by atoms with Crippen LogP contribution in [0, 0.1) is 0 Å². The predicted molar refractivity (Wildman–Crippen MR) is 79.8 cm³/mol. The van der Waals surface area contributed by atoms with Crippen molar-refractivity contribution in [2.45, 2.75) is 4.90 Å². The number of hydrogen-bond donors (Lipinski definition) is 1. The van der Waals surface area contributed by atoms with Crippen molar-refractivity contribution in [1.82, 2.24) is 0 Å². The summed E-state index contributed by atoms with van der Waals surface area (Å²) in [5.74, 6) is -1.24. The quantitative estimate of drug-likeness (QED) is 0.307. The third kappa shape index (κ3) is 2.79. The molecule has 2 N–H and O–H groups in total. The largest absolute Gasteiger partial charge is 1.00 e. The maximum atomic E-state index is 12.6. The molecule has 0 bridgehead atoms. The molecule has 0 aromatic heterocycles. The number of benzene rings is 2. The van der Waals surface area contributed by atoms with Gasteiger partial charge in [0.2, 0.25) is 0 Å². The molecule has 0 saturated heterocycles. The molecule has 0 saturated carbocycles. The molecule has 0 unspecified atom stereocenters. The monoisotopic (exact) mass is 403 g/mol. The summed E-state index contributed by atoms with van der Waals surface area (Å²) in [6, 6.07) is 7.20. The maximum absolute atomic E-state index is 12.6. The average Bonchev–Trinajstić information content (AvgIpc) is 2.45. The summed E-state index contributed by atoms with van der Waals surface area (Å²) < 4.78 is 34.4. The van der Waals surface area contributed by atoms with Gasteiger partial charge in [-0.05, 0) is 22.0 Å². The van der Waals surface area contributed by atoms with Gasteiger partial charge in [0.25, 0.3) is 0 Å². The molecule has 2 aromatic rings. The normalized spacial score (nSPS) is 13.1. The van der Waals surface area contributed by atoms with Gasteiger partial charge >= 0.3 is 29.6 Å². The summed E-state index contributed by atoms with van der Waals surface area (Å²) in [6.07, 6.45) is 0. The zero-order chi connectivity index (χ0) is 16.2. The zero-order valence-corrected chi connectivity index (χ0v) is 16.2. The van der Waals surface area contributed by atoms with Gasteiger partial charge in [0.1, 0.15) is 10.1 Å². The molecule has 3 rings (SSSR count). The smallest absolute Gasteiger partial charge is 0.744 e. The van der Waals surface area contributed by atoms with Gasteiger partial charge in [-0.15, -0.1) is 0 Å². The number of carbonyl (C=O) groups excluding carboxylic acids is 2. The van der Waals surface area contributed by atoms with Crippen molar-refractivity contribution in [3.05, 3.63) is 57.1 Å². The maximum Gasteiger partial charge on any atom is 1.00 e. The van der Waals surface area contributed by atoms with Gasteiger partial charge in [-0.25, -0.2) is 8.42 Å². The second kappa shape index (κ2) is 6.12. The Morgan fingerprint density at radius 3 is 2.04 bits per heavy atom. The summed E-state index contributed by atoms with van der Waals surface area (Å²) >= 11 is 2.91. The van der Waals surface area contributed by atoms with Crippen molar-refractivity contribution in [3.63, 3.8) is 0 Å². The minimum absolute atomic E-state index is 0. The number of rotatable bonds is 1. The van der Waals surface area contributed by atoms with Crippen molar-refractivity contribution in [3.8, 4) is 0 Å². The molecular weight excluding hydrogens is 397 g/mol. The molecule has 0 heterocycles. The molecule has 6 nitrogen and oxygen atoms in total. The number of nitrogens with two attached hydrogens (primary N) is 1. The van der Waals surface area contributed by atoms with Crippen molar-refractivity contribution in [2.75, 3.05) is 5.73 Å². The van der Waals surface area contributed by atoms with Gasteiger partial charge in [0.15, 0.2) is 11.6 Å². The molecule has 1 aliphatic rings. The molecule has 1 aliphatic carbocycles. The van der Waals surface area contributed by atoms with E-state index in [1.165, 1.54) is 18.2 Å². The summed E-state index contributed by atoms with van der Waals surface area (Å²) in [7, 11) is -5.01. The molecule has 0 fully saturated rings. The van der Waals surface area contributed by atoms with Crippen LogP contribution in [0.2, 0.25) is 0 Å². The summed E-state index contributed by atoms with van der Waals surface area (Å²) in [5, 5.41) is 0. The van der Waals surface area contributed by atoms with Crippen LogP contribution in [0.5, 0.6) is 0 Å². The van der Waals surface area contributed by atoms with Crippen LogP contribution in [0.4, 0.5) is 5.69 Å². The Bertz CT molecular complexity index is 971. The molecule has 112 valence electrons. The van der Waals surface area contributed by atoms with Gasteiger partial charge in [-0.2, -0.15) is 0 Å². The number of halogens is 1. The summed E-state index contributed by atoms with van der Waals surface area (Å²) in [4.78, 5) is 24.2. The van der Waals surface area contributed by atoms with Crippen molar-refractivity contribution < 1.29 is 52.1 Å². The van der Waals surface area contributed by atoms with Crippen molar-refractivity contribution in [1.29, 1.82) is 0 Å². The molecular formula is C14H7BrNNaO5S. The van der Waals surface area contributed by atoms with E-state index in [0.717, 1.165) is 0 Å². The Labute approximate surface area is 162 Å². The van der Waals surface area contributed by atoms with Crippen LogP contribution in [0.25, 0.3) is 0 Å².